The minimum absolute atomic E-state index is 0.203. The van der Waals surface area contributed by atoms with Gasteiger partial charge in [-0.05, 0) is 44.0 Å². The first-order chi connectivity index (χ1) is 8.45. The van der Waals surface area contributed by atoms with Crippen LogP contribution < -0.4 is 10.6 Å². The molecule has 0 aliphatic carbocycles. The number of sulfone groups is 1. The van der Waals surface area contributed by atoms with Gasteiger partial charge in [0.1, 0.15) is 0 Å². The van der Waals surface area contributed by atoms with E-state index in [4.69, 9.17) is 5.73 Å². The summed E-state index contributed by atoms with van der Waals surface area (Å²) < 4.78 is 24.3. The Morgan fingerprint density at radius 1 is 1.33 bits per heavy atom. The molecule has 0 amide bonds. The first-order valence-corrected chi connectivity index (χ1v) is 7.90. The molecule has 0 unspecified atom stereocenters. The zero-order valence-electron chi connectivity index (χ0n) is 10.9. The summed E-state index contributed by atoms with van der Waals surface area (Å²) in [5, 5.41) is 0. The van der Waals surface area contributed by atoms with Crippen LogP contribution >= 0.6 is 0 Å². The molecule has 0 saturated heterocycles. The van der Waals surface area contributed by atoms with Crippen LogP contribution in [0.1, 0.15) is 17.5 Å². The van der Waals surface area contributed by atoms with E-state index >= 15 is 0 Å². The van der Waals surface area contributed by atoms with Crippen molar-refractivity contribution in [3.8, 4) is 0 Å². The van der Waals surface area contributed by atoms with Crippen molar-refractivity contribution in [1.82, 2.24) is 0 Å². The Labute approximate surface area is 109 Å². The highest BCUT2D eigenvalue weighted by molar-refractivity contribution is 7.91. The molecule has 1 aliphatic rings. The molecule has 18 heavy (non-hydrogen) atoms. The summed E-state index contributed by atoms with van der Waals surface area (Å²) >= 11 is 0. The lowest BCUT2D eigenvalue weighted by molar-refractivity contribution is 0.587. The molecule has 4 nitrogen and oxygen atoms in total. The standard InChI is InChI=1S/C13H20N2O2S/c1-10-8-11(2)13-12(9-10)15(5-3-4-14)6-7-18(13,16)17/h8-9H,3-7,14H2,1-2H3. The smallest absolute Gasteiger partial charge is 0.182 e. The van der Waals surface area contributed by atoms with E-state index in [1.165, 1.54) is 0 Å². The van der Waals surface area contributed by atoms with Gasteiger partial charge in [0.15, 0.2) is 9.84 Å². The van der Waals surface area contributed by atoms with Crippen molar-refractivity contribution in [2.45, 2.75) is 25.2 Å². The van der Waals surface area contributed by atoms with Crippen LogP contribution in [0.25, 0.3) is 0 Å². The zero-order chi connectivity index (χ0) is 13.3. The van der Waals surface area contributed by atoms with Gasteiger partial charge < -0.3 is 10.6 Å². The number of fused-ring (bicyclic) bond motifs is 1. The quantitative estimate of drug-likeness (QED) is 0.896. The SMILES string of the molecule is Cc1cc(C)c2c(c1)N(CCCN)CCS2(=O)=O. The van der Waals surface area contributed by atoms with Crippen molar-refractivity contribution >= 4 is 15.5 Å². The topological polar surface area (TPSA) is 63.4 Å². The summed E-state index contributed by atoms with van der Waals surface area (Å²) in [6, 6.07) is 3.90. The highest BCUT2D eigenvalue weighted by Gasteiger charge is 2.29. The number of nitrogens with two attached hydrogens (primary N) is 1. The highest BCUT2D eigenvalue weighted by atomic mass is 32.2. The van der Waals surface area contributed by atoms with Crippen LogP contribution in [0.2, 0.25) is 0 Å². The monoisotopic (exact) mass is 268 g/mol. The van der Waals surface area contributed by atoms with E-state index in [0.717, 1.165) is 29.8 Å². The average molecular weight is 268 g/mol. The number of nitrogens with zero attached hydrogens (tertiary/aromatic N) is 1. The molecule has 5 heteroatoms. The Balaban J connectivity index is 2.52. The molecule has 100 valence electrons. The largest absolute Gasteiger partial charge is 0.369 e. The van der Waals surface area contributed by atoms with Crippen LogP contribution in [-0.4, -0.2) is 33.8 Å². The number of hydrogen-bond donors (Lipinski definition) is 1. The van der Waals surface area contributed by atoms with Crippen molar-refractivity contribution in [2.24, 2.45) is 5.73 Å². The summed E-state index contributed by atoms with van der Waals surface area (Å²) in [6.45, 7) is 5.88. The van der Waals surface area contributed by atoms with E-state index in [1.54, 1.807) is 0 Å². The van der Waals surface area contributed by atoms with Crippen LogP contribution in [0, 0.1) is 13.8 Å². The van der Waals surface area contributed by atoms with Gasteiger partial charge in [0.2, 0.25) is 0 Å². The first-order valence-electron chi connectivity index (χ1n) is 6.25. The lowest BCUT2D eigenvalue weighted by Gasteiger charge is -2.32. The summed E-state index contributed by atoms with van der Waals surface area (Å²) in [6.07, 6.45) is 0.881. The molecule has 0 atom stereocenters. The minimum atomic E-state index is -3.12. The molecule has 0 spiro atoms. The number of hydrogen-bond acceptors (Lipinski definition) is 4. The van der Waals surface area contributed by atoms with Crippen molar-refractivity contribution in [1.29, 1.82) is 0 Å². The molecule has 2 N–H and O–H groups in total. The number of anilines is 1. The van der Waals surface area contributed by atoms with Crippen molar-refractivity contribution in [3.63, 3.8) is 0 Å². The molecule has 0 radical (unpaired) electrons. The highest BCUT2D eigenvalue weighted by Crippen LogP contribution is 2.34. The second-order valence-electron chi connectivity index (χ2n) is 4.88. The van der Waals surface area contributed by atoms with Gasteiger partial charge in [0.05, 0.1) is 16.3 Å². The van der Waals surface area contributed by atoms with Crippen LogP contribution in [0.3, 0.4) is 0 Å². The Hall–Kier alpha value is -1.07. The molecule has 1 aliphatic heterocycles. The molecule has 0 aromatic heterocycles. The predicted molar refractivity (Wildman–Crippen MR) is 73.9 cm³/mol. The summed E-state index contributed by atoms with van der Waals surface area (Å²) in [4.78, 5) is 2.65. The average Bonchev–Trinajstić information content (AvgIpc) is 2.26. The second-order valence-corrected chi connectivity index (χ2v) is 6.92. The van der Waals surface area contributed by atoms with Gasteiger partial charge in [0.25, 0.3) is 0 Å². The van der Waals surface area contributed by atoms with E-state index in [0.29, 0.717) is 18.0 Å². The van der Waals surface area contributed by atoms with E-state index in [9.17, 15) is 8.42 Å². The third kappa shape index (κ3) is 2.37. The third-order valence-electron chi connectivity index (χ3n) is 3.31. The molecule has 1 heterocycles. The lowest BCUT2D eigenvalue weighted by atomic mass is 10.1. The normalized spacial score (nSPS) is 17.6. The van der Waals surface area contributed by atoms with E-state index in [2.05, 4.69) is 4.90 Å². The maximum Gasteiger partial charge on any atom is 0.182 e. The maximum atomic E-state index is 12.2. The Morgan fingerprint density at radius 2 is 2.06 bits per heavy atom. The minimum Gasteiger partial charge on any atom is -0.369 e. The first kappa shape index (κ1) is 13.4. The van der Waals surface area contributed by atoms with Crippen molar-refractivity contribution < 1.29 is 8.42 Å². The van der Waals surface area contributed by atoms with Crippen LogP contribution in [-0.2, 0) is 9.84 Å². The fourth-order valence-corrected chi connectivity index (χ4v) is 4.26. The van der Waals surface area contributed by atoms with Gasteiger partial charge >= 0.3 is 0 Å². The molecule has 0 fully saturated rings. The van der Waals surface area contributed by atoms with Crippen LogP contribution in [0.15, 0.2) is 17.0 Å². The van der Waals surface area contributed by atoms with Gasteiger partial charge in [0, 0.05) is 13.1 Å². The van der Waals surface area contributed by atoms with Crippen LogP contribution in [0.4, 0.5) is 5.69 Å². The van der Waals surface area contributed by atoms with Crippen molar-refractivity contribution in [2.75, 3.05) is 30.3 Å². The number of rotatable bonds is 3. The number of benzene rings is 1. The third-order valence-corrected chi connectivity index (χ3v) is 5.19. The lowest BCUT2D eigenvalue weighted by Crippen LogP contribution is -2.37. The van der Waals surface area contributed by atoms with Crippen LogP contribution in [0.5, 0.6) is 0 Å². The molecule has 0 bridgehead atoms. The van der Waals surface area contributed by atoms with Gasteiger partial charge in [-0.1, -0.05) is 6.07 Å². The Bertz CT molecular complexity index is 552. The maximum absolute atomic E-state index is 12.2. The molecule has 1 aromatic carbocycles. The van der Waals surface area contributed by atoms with E-state index < -0.39 is 9.84 Å². The molecule has 2 rings (SSSR count). The second kappa shape index (κ2) is 4.90. The summed E-state index contributed by atoms with van der Waals surface area (Å²) in [5.74, 6) is 0.203. The van der Waals surface area contributed by atoms with Gasteiger partial charge in [-0.15, -0.1) is 0 Å². The zero-order valence-corrected chi connectivity index (χ0v) is 11.8. The fourth-order valence-electron chi connectivity index (χ4n) is 2.54. The molecular formula is C13H20N2O2S. The number of aryl methyl sites for hydroxylation is 2. The summed E-state index contributed by atoms with van der Waals surface area (Å²) in [5.41, 5.74) is 8.34. The predicted octanol–water partition coefficient (Wildman–Crippen LogP) is 1.25. The van der Waals surface area contributed by atoms with Gasteiger partial charge in [-0.25, -0.2) is 8.42 Å². The van der Waals surface area contributed by atoms with E-state index in [1.807, 2.05) is 26.0 Å². The van der Waals surface area contributed by atoms with Crippen molar-refractivity contribution in [3.05, 3.63) is 23.3 Å². The summed E-state index contributed by atoms with van der Waals surface area (Å²) in [7, 11) is -3.12. The fraction of sp³-hybridized carbons (Fsp3) is 0.538. The van der Waals surface area contributed by atoms with Gasteiger partial charge in [-0.3, -0.25) is 0 Å². The molecule has 1 aromatic rings. The van der Waals surface area contributed by atoms with Gasteiger partial charge in [-0.2, -0.15) is 0 Å². The molecule has 0 saturated carbocycles. The van der Waals surface area contributed by atoms with E-state index in [-0.39, 0.29) is 5.75 Å². The Kier molecular flexibility index (Phi) is 3.64. The Morgan fingerprint density at radius 3 is 2.72 bits per heavy atom. The molecular weight excluding hydrogens is 248 g/mol.